The molecule has 4 nitrogen and oxygen atoms in total. The van der Waals surface area contributed by atoms with Crippen molar-refractivity contribution in [3.63, 3.8) is 0 Å². The third-order valence-electron chi connectivity index (χ3n) is 2.49. The van der Waals surface area contributed by atoms with Crippen LogP contribution in [-0.4, -0.2) is 24.3 Å². The molecule has 0 unspecified atom stereocenters. The van der Waals surface area contributed by atoms with E-state index in [2.05, 4.69) is 0 Å². The first-order valence-corrected chi connectivity index (χ1v) is 4.73. The van der Waals surface area contributed by atoms with Gasteiger partial charge in [-0.1, -0.05) is 12.1 Å². The molecule has 15 heavy (non-hydrogen) atoms. The summed E-state index contributed by atoms with van der Waals surface area (Å²) < 4.78 is 10.9. The van der Waals surface area contributed by atoms with E-state index in [9.17, 15) is 4.79 Å². The standard InChI is InChI=1S/C11H12O4/c1-11(14-6-7-15-11)9-4-2-8(3-5-9)10(12)13/h2-5H,6-7H2,1H3,(H,12,13). The third-order valence-corrected chi connectivity index (χ3v) is 2.49. The Balaban J connectivity index is 2.26. The number of carbonyl (C=O) groups is 1. The van der Waals surface area contributed by atoms with E-state index < -0.39 is 11.8 Å². The molecule has 4 heteroatoms. The molecule has 1 fully saturated rings. The van der Waals surface area contributed by atoms with Gasteiger partial charge in [-0.05, 0) is 19.1 Å². The molecule has 2 rings (SSSR count). The lowest BCUT2D eigenvalue weighted by Gasteiger charge is -2.22. The number of aromatic carboxylic acids is 1. The van der Waals surface area contributed by atoms with Crippen LogP contribution in [0, 0.1) is 0 Å². The lowest BCUT2D eigenvalue weighted by atomic mass is 10.1. The van der Waals surface area contributed by atoms with Crippen molar-refractivity contribution >= 4 is 5.97 Å². The van der Waals surface area contributed by atoms with Crippen molar-refractivity contribution in [2.45, 2.75) is 12.7 Å². The van der Waals surface area contributed by atoms with Gasteiger partial charge in [-0.15, -0.1) is 0 Å². The van der Waals surface area contributed by atoms with Crippen molar-refractivity contribution in [1.29, 1.82) is 0 Å². The first-order chi connectivity index (χ1) is 7.12. The first-order valence-electron chi connectivity index (χ1n) is 4.73. The highest BCUT2D eigenvalue weighted by Gasteiger charge is 2.32. The summed E-state index contributed by atoms with van der Waals surface area (Å²) in [6, 6.07) is 6.53. The summed E-state index contributed by atoms with van der Waals surface area (Å²) in [5, 5.41) is 8.74. The van der Waals surface area contributed by atoms with Gasteiger partial charge >= 0.3 is 5.97 Å². The molecule has 0 spiro atoms. The number of carboxylic acid groups (broad SMARTS) is 1. The average Bonchev–Trinajstić information content (AvgIpc) is 2.67. The highest BCUT2D eigenvalue weighted by atomic mass is 16.7. The molecule has 0 bridgehead atoms. The fourth-order valence-electron chi connectivity index (χ4n) is 1.60. The zero-order valence-corrected chi connectivity index (χ0v) is 8.40. The summed E-state index contributed by atoms with van der Waals surface area (Å²) >= 11 is 0. The summed E-state index contributed by atoms with van der Waals surface area (Å²) in [6.45, 7) is 2.96. The Kier molecular flexibility index (Phi) is 2.46. The topological polar surface area (TPSA) is 55.8 Å². The number of ether oxygens (including phenoxy) is 2. The molecule has 1 aromatic carbocycles. The van der Waals surface area contributed by atoms with Crippen LogP contribution in [-0.2, 0) is 15.3 Å². The Morgan fingerprint density at radius 3 is 2.27 bits per heavy atom. The second-order valence-corrected chi connectivity index (χ2v) is 3.53. The zero-order valence-electron chi connectivity index (χ0n) is 8.40. The van der Waals surface area contributed by atoms with Crippen LogP contribution in [0.3, 0.4) is 0 Å². The maximum atomic E-state index is 10.7. The maximum Gasteiger partial charge on any atom is 0.335 e. The van der Waals surface area contributed by atoms with Gasteiger partial charge in [0.05, 0.1) is 18.8 Å². The quantitative estimate of drug-likeness (QED) is 0.802. The molecule has 0 radical (unpaired) electrons. The molecule has 0 amide bonds. The van der Waals surface area contributed by atoms with Crippen molar-refractivity contribution in [2.75, 3.05) is 13.2 Å². The molecule has 1 aromatic rings. The number of hydrogen-bond acceptors (Lipinski definition) is 3. The fourth-order valence-corrected chi connectivity index (χ4v) is 1.60. The predicted molar refractivity (Wildman–Crippen MR) is 52.7 cm³/mol. The van der Waals surface area contributed by atoms with Crippen molar-refractivity contribution in [2.24, 2.45) is 0 Å². The van der Waals surface area contributed by atoms with E-state index in [4.69, 9.17) is 14.6 Å². The molecular weight excluding hydrogens is 196 g/mol. The van der Waals surface area contributed by atoms with E-state index in [-0.39, 0.29) is 5.56 Å². The minimum Gasteiger partial charge on any atom is -0.478 e. The fraction of sp³-hybridized carbons (Fsp3) is 0.364. The number of benzene rings is 1. The van der Waals surface area contributed by atoms with Gasteiger partial charge in [0.15, 0.2) is 5.79 Å². The van der Waals surface area contributed by atoms with Crippen LogP contribution in [0.25, 0.3) is 0 Å². The lowest BCUT2D eigenvalue weighted by Crippen LogP contribution is -2.22. The maximum absolute atomic E-state index is 10.7. The van der Waals surface area contributed by atoms with Gasteiger partial charge in [-0.25, -0.2) is 4.79 Å². The number of hydrogen-bond donors (Lipinski definition) is 1. The van der Waals surface area contributed by atoms with Crippen LogP contribution in [0.2, 0.25) is 0 Å². The van der Waals surface area contributed by atoms with Gasteiger partial charge in [-0.2, -0.15) is 0 Å². The van der Waals surface area contributed by atoms with Crippen LogP contribution < -0.4 is 0 Å². The van der Waals surface area contributed by atoms with E-state index in [1.54, 1.807) is 24.3 Å². The first kappa shape index (κ1) is 10.1. The van der Waals surface area contributed by atoms with Gasteiger partial charge in [0.25, 0.3) is 0 Å². The molecule has 1 saturated heterocycles. The Bertz CT molecular complexity index is 363. The highest BCUT2D eigenvalue weighted by molar-refractivity contribution is 5.87. The van der Waals surface area contributed by atoms with Crippen LogP contribution in [0.4, 0.5) is 0 Å². The molecule has 1 heterocycles. The molecule has 0 aliphatic carbocycles. The second-order valence-electron chi connectivity index (χ2n) is 3.53. The minimum absolute atomic E-state index is 0.264. The normalized spacial score (nSPS) is 19.0. The molecule has 1 N–H and O–H groups in total. The van der Waals surface area contributed by atoms with Gasteiger partial charge in [0, 0.05) is 5.56 Å². The molecule has 1 aliphatic heterocycles. The second kappa shape index (κ2) is 3.64. The SMILES string of the molecule is CC1(c2ccc(C(=O)O)cc2)OCCO1. The molecule has 80 valence electrons. The Morgan fingerprint density at radius 2 is 1.80 bits per heavy atom. The average molecular weight is 208 g/mol. The predicted octanol–water partition coefficient (Wildman–Crippen LogP) is 1.60. The Morgan fingerprint density at radius 1 is 1.27 bits per heavy atom. The van der Waals surface area contributed by atoms with Gasteiger partial charge < -0.3 is 14.6 Å². The monoisotopic (exact) mass is 208 g/mol. The van der Waals surface area contributed by atoms with Crippen molar-refractivity contribution in [1.82, 2.24) is 0 Å². The van der Waals surface area contributed by atoms with Crippen molar-refractivity contribution in [3.8, 4) is 0 Å². The Hall–Kier alpha value is -1.39. The van der Waals surface area contributed by atoms with Crippen LogP contribution in [0.15, 0.2) is 24.3 Å². The largest absolute Gasteiger partial charge is 0.478 e. The van der Waals surface area contributed by atoms with Crippen LogP contribution >= 0.6 is 0 Å². The third kappa shape index (κ3) is 1.86. The van der Waals surface area contributed by atoms with Crippen molar-refractivity contribution in [3.05, 3.63) is 35.4 Å². The molecule has 0 aromatic heterocycles. The van der Waals surface area contributed by atoms with E-state index in [0.717, 1.165) is 5.56 Å². The highest BCUT2D eigenvalue weighted by Crippen LogP contribution is 2.30. The summed E-state index contributed by atoms with van der Waals surface area (Å²) in [5.74, 6) is -1.66. The lowest BCUT2D eigenvalue weighted by molar-refractivity contribution is -0.149. The number of carboxylic acids is 1. The smallest absolute Gasteiger partial charge is 0.335 e. The van der Waals surface area contributed by atoms with E-state index in [1.807, 2.05) is 6.92 Å². The molecule has 1 aliphatic rings. The molecule has 0 saturated carbocycles. The van der Waals surface area contributed by atoms with E-state index in [0.29, 0.717) is 13.2 Å². The summed E-state index contributed by atoms with van der Waals surface area (Å²) in [4.78, 5) is 10.7. The van der Waals surface area contributed by atoms with Crippen molar-refractivity contribution < 1.29 is 19.4 Å². The Labute approximate surface area is 87.4 Å². The zero-order chi connectivity index (χ0) is 10.9. The molecule has 0 atom stereocenters. The number of rotatable bonds is 2. The van der Waals surface area contributed by atoms with Gasteiger partial charge in [0.1, 0.15) is 0 Å². The van der Waals surface area contributed by atoms with E-state index in [1.165, 1.54) is 0 Å². The summed E-state index contributed by atoms with van der Waals surface area (Å²) in [7, 11) is 0. The minimum atomic E-state index is -0.931. The van der Waals surface area contributed by atoms with Crippen LogP contribution in [0.5, 0.6) is 0 Å². The summed E-state index contributed by atoms with van der Waals surface area (Å²) in [6.07, 6.45) is 0. The van der Waals surface area contributed by atoms with Crippen LogP contribution in [0.1, 0.15) is 22.8 Å². The molecular formula is C11H12O4. The van der Waals surface area contributed by atoms with Gasteiger partial charge in [-0.3, -0.25) is 0 Å². The van der Waals surface area contributed by atoms with Gasteiger partial charge in [0.2, 0.25) is 0 Å². The van der Waals surface area contributed by atoms with E-state index >= 15 is 0 Å². The summed E-state index contributed by atoms with van der Waals surface area (Å²) in [5.41, 5.74) is 1.10.